The van der Waals surface area contributed by atoms with E-state index in [1.165, 1.54) is 0 Å². The van der Waals surface area contributed by atoms with E-state index in [0.717, 1.165) is 23.3 Å². The molecule has 2 N–H and O–H groups in total. The molecule has 0 unspecified atom stereocenters. The van der Waals surface area contributed by atoms with E-state index in [1.54, 1.807) is 29.9 Å². The molecular formula is C27H19F3N2O2. The van der Waals surface area contributed by atoms with Gasteiger partial charge in [-0.05, 0) is 53.6 Å². The molecular weight excluding hydrogens is 441 g/mol. The van der Waals surface area contributed by atoms with E-state index in [2.05, 4.69) is 0 Å². The summed E-state index contributed by atoms with van der Waals surface area (Å²) in [6.45, 7) is -0.274. The minimum Gasteiger partial charge on any atom is -0.497 e. The SMILES string of the molecule is COc1ccc(-c2ccc3c4c(C(N)=O)cccc4n(Cc4c(F)ccc(F)c4F)c3c2)cc1. The molecule has 4 aromatic carbocycles. The summed E-state index contributed by atoms with van der Waals surface area (Å²) in [5.41, 5.74) is 8.44. The van der Waals surface area contributed by atoms with Crippen molar-refractivity contribution in [3.05, 3.63) is 101 Å². The number of primary amides is 1. The monoisotopic (exact) mass is 460 g/mol. The van der Waals surface area contributed by atoms with Crippen molar-refractivity contribution in [3.63, 3.8) is 0 Å². The van der Waals surface area contributed by atoms with Gasteiger partial charge in [-0.15, -0.1) is 0 Å². The molecule has 0 spiro atoms. The molecule has 170 valence electrons. The topological polar surface area (TPSA) is 57.2 Å². The zero-order valence-electron chi connectivity index (χ0n) is 18.1. The Morgan fingerprint density at radius 1 is 0.882 bits per heavy atom. The summed E-state index contributed by atoms with van der Waals surface area (Å²) >= 11 is 0. The zero-order valence-corrected chi connectivity index (χ0v) is 18.1. The van der Waals surface area contributed by atoms with Gasteiger partial charge in [-0.2, -0.15) is 0 Å². The third-order valence-electron chi connectivity index (χ3n) is 6.04. The van der Waals surface area contributed by atoms with Gasteiger partial charge in [0, 0.05) is 21.9 Å². The van der Waals surface area contributed by atoms with Gasteiger partial charge in [0.25, 0.3) is 0 Å². The Morgan fingerprint density at radius 3 is 2.29 bits per heavy atom. The van der Waals surface area contributed by atoms with Gasteiger partial charge in [0.2, 0.25) is 5.91 Å². The van der Waals surface area contributed by atoms with Gasteiger partial charge in [0.1, 0.15) is 11.6 Å². The predicted octanol–water partition coefficient (Wildman–Crippen LogP) is 6.03. The summed E-state index contributed by atoms with van der Waals surface area (Å²) in [6, 6.07) is 19.7. The largest absolute Gasteiger partial charge is 0.497 e. The summed E-state index contributed by atoms with van der Waals surface area (Å²) in [5, 5.41) is 1.27. The van der Waals surface area contributed by atoms with Crippen LogP contribution in [0.1, 0.15) is 15.9 Å². The Hall–Kier alpha value is -4.26. The number of methoxy groups -OCH3 is 1. The minimum atomic E-state index is -1.24. The summed E-state index contributed by atoms with van der Waals surface area (Å²) < 4.78 is 49.9. The molecule has 0 aliphatic carbocycles. The van der Waals surface area contributed by atoms with Crippen LogP contribution in [0.15, 0.2) is 72.8 Å². The maximum Gasteiger partial charge on any atom is 0.249 e. The van der Waals surface area contributed by atoms with Crippen LogP contribution >= 0.6 is 0 Å². The highest BCUT2D eigenvalue weighted by Crippen LogP contribution is 2.36. The number of halogens is 3. The number of nitrogens with two attached hydrogens (primary N) is 1. The van der Waals surface area contributed by atoms with Crippen LogP contribution < -0.4 is 10.5 Å². The summed E-state index contributed by atoms with van der Waals surface area (Å²) in [4.78, 5) is 12.2. The van der Waals surface area contributed by atoms with Crippen molar-refractivity contribution in [3.8, 4) is 16.9 Å². The first-order chi connectivity index (χ1) is 16.4. The smallest absolute Gasteiger partial charge is 0.249 e. The molecule has 4 nitrogen and oxygen atoms in total. The molecule has 5 rings (SSSR count). The van der Waals surface area contributed by atoms with Crippen LogP contribution in [0.3, 0.4) is 0 Å². The molecule has 1 heterocycles. The molecule has 0 aliphatic rings. The molecule has 5 aromatic rings. The average Bonchev–Trinajstić information content (AvgIpc) is 3.17. The fourth-order valence-electron chi connectivity index (χ4n) is 4.36. The normalized spacial score (nSPS) is 11.3. The first kappa shape index (κ1) is 21.6. The number of fused-ring (bicyclic) bond motifs is 3. The molecule has 0 saturated carbocycles. The Morgan fingerprint density at radius 2 is 1.59 bits per heavy atom. The number of hydrogen-bond acceptors (Lipinski definition) is 2. The van der Waals surface area contributed by atoms with Crippen molar-refractivity contribution in [1.82, 2.24) is 4.57 Å². The van der Waals surface area contributed by atoms with E-state index in [4.69, 9.17) is 10.5 Å². The van der Waals surface area contributed by atoms with Crippen LogP contribution in [-0.4, -0.2) is 17.6 Å². The van der Waals surface area contributed by atoms with E-state index in [9.17, 15) is 18.0 Å². The van der Waals surface area contributed by atoms with Gasteiger partial charge in [0.05, 0.1) is 24.7 Å². The second kappa shape index (κ2) is 8.26. The molecule has 34 heavy (non-hydrogen) atoms. The van der Waals surface area contributed by atoms with Crippen molar-refractivity contribution in [2.45, 2.75) is 6.54 Å². The standard InChI is InChI=1S/C27H19F3N2O2/c1-34-17-8-5-15(6-9-17)16-7-10-18-24(13-16)32(14-20-21(28)11-12-22(29)26(20)30)23-4-2-3-19(25(18)23)27(31)33/h2-13H,14H2,1H3,(H2,31,33). The lowest BCUT2D eigenvalue weighted by Gasteiger charge is -2.11. The average molecular weight is 460 g/mol. The number of nitrogens with zero attached hydrogens (tertiary/aromatic N) is 1. The predicted molar refractivity (Wildman–Crippen MR) is 125 cm³/mol. The first-order valence-electron chi connectivity index (χ1n) is 10.5. The summed E-state index contributed by atoms with van der Waals surface area (Å²) in [5.74, 6) is -3.14. The van der Waals surface area contributed by atoms with Crippen LogP contribution in [0.5, 0.6) is 5.75 Å². The summed E-state index contributed by atoms with van der Waals surface area (Å²) in [7, 11) is 1.58. The first-order valence-corrected chi connectivity index (χ1v) is 10.5. The zero-order chi connectivity index (χ0) is 24.0. The van der Waals surface area contributed by atoms with Crippen molar-refractivity contribution in [2.24, 2.45) is 5.73 Å². The van der Waals surface area contributed by atoms with E-state index in [-0.39, 0.29) is 6.54 Å². The minimum absolute atomic E-state index is 0.274. The highest BCUT2D eigenvalue weighted by atomic mass is 19.2. The van der Waals surface area contributed by atoms with Crippen molar-refractivity contribution in [2.75, 3.05) is 7.11 Å². The lowest BCUT2D eigenvalue weighted by atomic mass is 10.0. The third kappa shape index (κ3) is 3.46. The van der Waals surface area contributed by atoms with Gasteiger partial charge in [-0.25, -0.2) is 13.2 Å². The fourth-order valence-corrected chi connectivity index (χ4v) is 4.36. The molecule has 1 aromatic heterocycles. The van der Waals surface area contributed by atoms with Gasteiger partial charge < -0.3 is 15.0 Å². The highest BCUT2D eigenvalue weighted by Gasteiger charge is 2.20. The molecule has 1 amide bonds. The number of aromatic nitrogens is 1. The van der Waals surface area contributed by atoms with E-state index < -0.39 is 28.9 Å². The van der Waals surface area contributed by atoms with Gasteiger partial charge >= 0.3 is 0 Å². The molecule has 0 fully saturated rings. The second-order valence-corrected chi connectivity index (χ2v) is 7.93. The van der Waals surface area contributed by atoms with Crippen LogP contribution in [-0.2, 0) is 6.54 Å². The number of amides is 1. The van der Waals surface area contributed by atoms with Crippen LogP contribution in [0.4, 0.5) is 13.2 Å². The third-order valence-corrected chi connectivity index (χ3v) is 6.04. The van der Waals surface area contributed by atoms with E-state index in [1.807, 2.05) is 42.5 Å². The quantitative estimate of drug-likeness (QED) is 0.326. The second-order valence-electron chi connectivity index (χ2n) is 7.93. The maximum absolute atomic E-state index is 14.6. The van der Waals surface area contributed by atoms with Crippen molar-refractivity contribution in [1.29, 1.82) is 0 Å². The fraction of sp³-hybridized carbons (Fsp3) is 0.0741. The van der Waals surface area contributed by atoms with Crippen molar-refractivity contribution >= 4 is 27.7 Å². The number of ether oxygens (including phenoxy) is 1. The summed E-state index contributed by atoms with van der Waals surface area (Å²) in [6.07, 6.45) is 0. The van der Waals surface area contributed by atoms with Crippen LogP contribution in [0.2, 0.25) is 0 Å². The van der Waals surface area contributed by atoms with Crippen molar-refractivity contribution < 1.29 is 22.7 Å². The lowest BCUT2D eigenvalue weighted by molar-refractivity contribution is 0.100. The molecule has 0 saturated heterocycles. The maximum atomic E-state index is 14.6. The molecule has 7 heteroatoms. The van der Waals surface area contributed by atoms with E-state index in [0.29, 0.717) is 33.1 Å². The molecule has 0 aliphatic heterocycles. The Labute approximate surface area is 193 Å². The molecule has 0 radical (unpaired) electrons. The highest BCUT2D eigenvalue weighted by molar-refractivity contribution is 6.18. The Bertz CT molecular complexity index is 1570. The molecule has 0 bridgehead atoms. The lowest BCUT2D eigenvalue weighted by Crippen LogP contribution is -2.11. The number of carbonyl (C=O) groups is 1. The van der Waals surface area contributed by atoms with Gasteiger partial charge in [-0.1, -0.05) is 30.3 Å². The number of benzene rings is 4. The van der Waals surface area contributed by atoms with Gasteiger partial charge in [0.15, 0.2) is 11.6 Å². The Balaban J connectivity index is 1.80. The van der Waals surface area contributed by atoms with E-state index >= 15 is 0 Å². The number of hydrogen-bond donors (Lipinski definition) is 1. The van der Waals surface area contributed by atoms with Gasteiger partial charge in [-0.3, -0.25) is 4.79 Å². The number of rotatable bonds is 5. The molecule has 0 atom stereocenters. The van der Waals surface area contributed by atoms with Crippen LogP contribution in [0, 0.1) is 17.5 Å². The number of carbonyl (C=O) groups excluding carboxylic acids is 1. The van der Waals surface area contributed by atoms with Crippen LogP contribution in [0.25, 0.3) is 32.9 Å². The Kier molecular flexibility index (Phi) is 5.24.